The predicted octanol–water partition coefficient (Wildman–Crippen LogP) is 4.66. The van der Waals surface area contributed by atoms with Crippen LogP contribution in [0.5, 0.6) is 23.0 Å². The molecule has 0 unspecified atom stereocenters. The molecule has 8 heteroatoms. The first kappa shape index (κ1) is 25.8. The fraction of sp³-hybridized carbons (Fsp3) is 0.440. The fourth-order valence-electron chi connectivity index (χ4n) is 3.21. The van der Waals surface area contributed by atoms with E-state index in [4.69, 9.17) is 25.2 Å². The van der Waals surface area contributed by atoms with Gasteiger partial charge < -0.3 is 30.3 Å². The number of hydrogen-bond donors (Lipinski definition) is 3. The van der Waals surface area contributed by atoms with Crippen LogP contribution in [0.15, 0.2) is 35.5 Å². The normalized spacial score (nSPS) is 11.8. The van der Waals surface area contributed by atoms with Crippen LogP contribution in [0.3, 0.4) is 0 Å². The Hall–Kier alpha value is -3.42. The average Bonchev–Trinajstić information content (AvgIpc) is 2.76. The van der Waals surface area contributed by atoms with Crippen LogP contribution >= 0.6 is 0 Å². The van der Waals surface area contributed by atoms with Crippen molar-refractivity contribution in [3.63, 3.8) is 0 Å². The summed E-state index contributed by atoms with van der Waals surface area (Å²) in [6.07, 6.45) is 1.78. The molecule has 0 amide bonds. The highest BCUT2D eigenvalue weighted by molar-refractivity contribution is 5.99. The topological polar surface area (TPSA) is 124 Å². The highest BCUT2D eigenvalue weighted by atomic mass is 16.5. The average molecular weight is 459 g/mol. The number of aromatic hydroxyl groups is 1. The number of benzene rings is 2. The van der Waals surface area contributed by atoms with Gasteiger partial charge in [-0.3, -0.25) is 4.79 Å². The smallest absolute Gasteiger partial charge is 0.170 e. The zero-order chi connectivity index (χ0) is 24.6. The van der Waals surface area contributed by atoms with Crippen molar-refractivity contribution < 1.29 is 29.3 Å². The number of methoxy groups -OCH3 is 1. The lowest BCUT2D eigenvalue weighted by Gasteiger charge is -2.18. The minimum atomic E-state index is -0.154. The van der Waals surface area contributed by atoms with Gasteiger partial charge >= 0.3 is 0 Å². The zero-order valence-electron chi connectivity index (χ0n) is 20.0. The molecule has 0 aliphatic heterocycles. The van der Waals surface area contributed by atoms with Crippen LogP contribution in [-0.4, -0.2) is 42.3 Å². The van der Waals surface area contributed by atoms with Crippen LogP contribution in [-0.2, 0) is 0 Å². The molecule has 2 aromatic rings. The second-order valence-electron chi connectivity index (χ2n) is 9.00. The molecule has 0 spiro atoms. The number of nitrogens with zero attached hydrogens (tertiary/aromatic N) is 1. The fourth-order valence-corrected chi connectivity index (χ4v) is 3.21. The highest BCUT2D eigenvalue weighted by Crippen LogP contribution is 2.33. The van der Waals surface area contributed by atoms with Gasteiger partial charge in [0.1, 0.15) is 11.5 Å². The lowest BCUT2D eigenvalue weighted by molar-refractivity contribution is 0.0937. The van der Waals surface area contributed by atoms with Crippen molar-refractivity contribution in [2.45, 2.75) is 47.0 Å². The Morgan fingerprint density at radius 2 is 1.64 bits per heavy atom. The molecule has 33 heavy (non-hydrogen) atoms. The number of oxime groups is 1. The van der Waals surface area contributed by atoms with Crippen molar-refractivity contribution >= 4 is 11.6 Å². The van der Waals surface area contributed by atoms with E-state index in [0.29, 0.717) is 66.4 Å². The number of carbonyl (C=O) groups is 1. The van der Waals surface area contributed by atoms with Gasteiger partial charge in [0.05, 0.1) is 25.9 Å². The van der Waals surface area contributed by atoms with Crippen molar-refractivity contribution in [3.8, 4) is 23.0 Å². The Labute approximate surface area is 195 Å². The van der Waals surface area contributed by atoms with E-state index in [9.17, 15) is 9.90 Å². The lowest BCUT2D eigenvalue weighted by Crippen LogP contribution is -2.13. The molecule has 0 atom stereocenters. The van der Waals surface area contributed by atoms with Gasteiger partial charge in [0.25, 0.3) is 0 Å². The van der Waals surface area contributed by atoms with E-state index >= 15 is 0 Å². The van der Waals surface area contributed by atoms with Crippen LogP contribution in [0.25, 0.3) is 0 Å². The number of hydrogen-bond acceptors (Lipinski definition) is 7. The molecule has 0 radical (unpaired) electrons. The van der Waals surface area contributed by atoms with Gasteiger partial charge in [-0.1, -0.05) is 25.9 Å². The van der Waals surface area contributed by atoms with Crippen molar-refractivity contribution in [3.05, 3.63) is 47.0 Å². The van der Waals surface area contributed by atoms with Crippen molar-refractivity contribution in [1.29, 1.82) is 0 Å². The summed E-state index contributed by atoms with van der Waals surface area (Å²) < 4.78 is 16.9. The Morgan fingerprint density at radius 1 is 1.03 bits per heavy atom. The summed E-state index contributed by atoms with van der Waals surface area (Å²) in [4.78, 5) is 12.5. The third kappa shape index (κ3) is 7.30. The zero-order valence-corrected chi connectivity index (χ0v) is 20.0. The van der Waals surface area contributed by atoms with Crippen molar-refractivity contribution in [2.75, 3.05) is 20.3 Å². The number of nitrogens with two attached hydrogens (primary N) is 1. The summed E-state index contributed by atoms with van der Waals surface area (Å²) in [6, 6.07) is 8.37. The molecule has 0 heterocycles. The monoisotopic (exact) mass is 458 g/mol. The van der Waals surface area contributed by atoms with Crippen LogP contribution < -0.4 is 19.9 Å². The van der Waals surface area contributed by atoms with Gasteiger partial charge in [0, 0.05) is 17.5 Å². The largest absolute Gasteiger partial charge is 0.507 e. The van der Waals surface area contributed by atoms with Gasteiger partial charge in [-0.25, -0.2) is 0 Å². The second-order valence-corrected chi connectivity index (χ2v) is 9.00. The number of carbonyl (C=O) groups excluding carboxylic acids is 1. The summed E-state index contributed by atoms with van der Waals surface area (Å²) in [5.41, 5.74) is 6.88. The summed E-state index contributed by atoms with van der Waals surface area (Å²) in [5.74, 6) is 1.47. The molecule has 8 nitrogen and oxygen atoms in total. The van der Waals surface area contributed by atoms with E-state index in [0.717, 1.165) is 0 Å². The maximum atomic E-state index is 12.5. The summed E-state index contributed by atoms with van der Waals surface area (Å²) in [6.45, 7) is 8.55. The molecule has 2 aromatic carbocycles. The Kier molecular flexibility index (Phi) is 8.96. The molecule has 0 aliphatic carbocycles. The highest BCUT2D eigenvalue weighted by Gasteiger charge is 2.21. The maximum absolute atomic E-state index is 12.5. The predicted molar refractivity (Wildman–Crippen MR) is 127 cm³/mol. The van der Waals surface area contributed by atoms with E-state index in [1.54, 1.807) is 44.4 Å². The molecule has 0 fully saturated rings. The second kappa shape index (κ2) is 11.4. The number of rotatable bonds is 11. The summed E-state index contributed by atoms with van der Waals surface area (Å²) in [7, 11) is 1.54. The van der Waals surface area contributed by atoms with Crippen molar-refractivity contribution in [2.24, 2.45) is 16.3 Å². The standard InChI is InChI=1S/C25H34N2O6/c1-16-20(11-9-18(23(16)29)19(28)15-25(2,3)4)32-12-6-7-13-33-22-14-17(24(26)27-30)8-10-21(22)31-5/h8-11,14,29-30H,6-7,12-13,15H2,1-5H3,(H2,26,27). The molecular formula is C25H34N2O6. The Balaban J connectivity index is 1.87. The first-order valence-electron chi connectivity index (χ1n) is 10.8. The van der Waals surface area contributed by atoms with Crippen LogP contribution in [0, 0.1) is 12.3 Å². The van der Waals surface area contributed by atoms with Crippen LogP contribution in [0.1, 0.15) is 61.5 Å². The molecule has 4 N–H and O–H groups in total. The summed E-state index contributed by atoms with van der Waals surface area (Å²) >= 11 is 0. The molecule has 0 aromatic heterocycles. The SMILES string of the molecule is COc1ccc(C(N)=NO)cc1OCCCCOc1ccc(C(=O)CC(C)(C)C)c(O)c1C. The van der Waals surface area contributed by atoms with Crippen LogP contribution in [0.2, 0.25) is 0 Å². The minimum absolute atomic E-state index is 0.0133. The number of ketones is 1. The van der Waals surface area contributed by atoms with Gasteiger partial charge in [0.15, 0.2) is 23.1 Å². The molecule has 0 bridgehead atoms. The first-order valence-corrected chi connectivity index (χ1v) is 10.8. The summed E-state index contributed by atoms with van der Waals surface area (Å²) in [5, 5.41) is 22.3. The molecule has 0 saturated carbocycles. The number of unbranched alkanes of at least 4 members (excludes halogenated alkanes) is 1. The minimum Gasteiger partial charge on any atom is -0.507 e. The number of amidine groups is 1. The van der Waals surface area contributed by atoms with Gasteiger partial charge in [-0.2, -0.15) is 0 Å². The van der Waals surface area contributed by atoms with E-state index in [-0.39, 0.29) is 22.8 Å². The first-order chi connectivity index (χ1) is 15.6. The van der Waals surface area contributed by atoms with E-state index in [1.165, 1.54) is 0 Å². The van der Waals surface area contributed by atoms with Crippen molar-refractivity contribution in [1.82, 2.24) is 0 Å². The third-order valence-corrected chi connectivity index (χ3v) is 4.99. The van der Waals surface area contributed by atoms with Gasteiger partial charge in [-0.15, -0.1) is 0 Å². The number of phenolic OH excluding ortho intramolecular Hbond substituents is 1. The van der Waals surface area contributed by atoms with E-state index in [2.05, 4.69) is 5.16 Å². The molecule has 0 aliphatic rings. The molecule has 0 saturated heterocycles. The quantitative estimate of drug-likeness (QED) is 0.112. The van der Waals surface area contributed by atoms with Crippen LogP contribution in [0.4, 0.5) is 0 Å². The maximum Gasteiger partial charge on any atom is 0.170 e. The Morgan fingerprint density at radius 3 is 2.21 bits per heavy atom. The molecule has 180 valence electrons. The number of ether oxygens (including phenoxy) is 3. The molecule has 2 rings (SSSR count). The van der Waals surface area contributed by atoms with E-state index in [1.807, 2.05) is 20.8 Å². The number of Topliss-reactive ketones (excluding diaryl/α,β-unsaturated/α-hetero) is 1. The van der Waals surface area contributed by atoms with E-state index < -0.39 is 0 Å². The van der Waals surface area contributed by atoms with Gasteiger partial charge in [0.2, 0.25) is 0 Å². The van der Waals surface area contributed by atoms with Gasteiger partial charge in [-0.05, 0) is 55.5 Å². The third-order valence-electron chi connectivity index (χ3n) is 4.99. The number of phenols is 1. The molecular weight excluding hydrogens is 424 g/mol. The Bertz CT molecular complexity index is 995. The lowest BCUT2D eigenvalue weighted by atomic mass is 9.87.